The maximum atomic E-state index is 14.1. The summed E-state index contributed by atoms with van der Waals surface area (Å²) >= 11 is 0. The second-order valence-corrected chi connectivity index (χ2v) is 18.2. The van der Waals surface area contributed by atoms with Crippen LogP contribution in [0.3, 0.4) is 0 Å². The lowest BCUT2D eigenvalue weighted by Gasteiger charge is -2.28. The second kappa shape index (κ2) is 24.0. The number of carbonyl (C=O) groups is 8. The van der Waals surface area contributed by atoms with Crippen molar-refractivity contribution in [3.8, 4) is 0 Å². The van der Waals surface area contributed by atoms with Crippen molar-refractivity contribution in [2.24, 2.45) is 5.92 Å². The molecule has 5 amide bonds. The van der Waals surface area contributed by atoms with Crippen molar-refractivity contribution in [3.63, 3.8) is 0 Å². The molecule has 63 heavy (non-hydrogen) atoms. The Morgan fingerprint density at radius 2 is 1.03 bits per heavy atom. The van der Waals surface area contributed by atoms with Crippen LogP contribution in [-0.2, 0) is 65.7 Å². The Kier molecular flexibility index (Phi) is 20.2. The molecule has 6 N–H and O–H groups in total. The second-order valence-electron chi connectivity index (χ2n) is 18.2. The molecule has 0 saturated heterocycles. The van der Waals surface area contributed by atoms with Crippen molar-refractivity contribution in [1.29, 1.82) is 0 Å². The first-order chi connectivity index (χ1) is 29.1. The highest BCUT2D eigenvalue weighted by atomic mass is 16.6. The van der Waals surface area contributed by atoms with Crippen LogP contribution in [0, 0.1) is 5.92 Å². The number of aliphatic hydroxyl groups is 1. The quantitative estimate of drug-likeness (QED) is 0.0810. The molecule has 18 heteroatoms. The molecule has 0 heterocycles. The number of carbonyl (C=O) groups excluding carboxylic acids is 8. The monoisotopic (exact) mass is 883 g/mol. The van der Waals surface area contributed by atoms with Gasteiger partial charge >= 0.3 is 24.0 Å². The van der Waals surface area contributed by atoms with E-state index < -0.39 is 107 Å². The first-order valence-corrected chi connectivity index (χ1v) is 20.7. The van der Waals surface area contributed by atoms with Gasteiger partial charge in [0.25, 0.3) is 0 Å². The van der Waals surface area contributed by atoms with Gasteiger partial charge < -0.3 is 50.6 Å². The van der Waals surface area contributed by atoms with Crippen molar-refractivity contribution >= 4 is 53.3 Å². The third-order valence-corrected chi connectivity index (χ3v) is 8.38. The van der Waals surface area contributed by atoms with Gasteiger partial charge in [0.05, 0.1) is 19.4 Å². The van der Waals surface area contributed by atoms with Gasteiger partial charge in [-0.3, -0.25) is 33.6 Å². The van der Waals surface area contributed by atoms with E-state index in [-0.39, 0.29) is 26.1 Å². The van der Waals surface area contributed by atoms with E-state index in [1.54, 1.807) is 119 Å². The number of benzene rings is 2. The highest BCUT2D eigenvalue weighted by Gasteiger charge is 2.36. The first-order valence-electron chi connectivity index (χ1n) is 20.7. The molecule has 0 aromatic heterocycles. The van der Waals surface area contributed by atoms with E-state index in [4.69, 9.17) is 18.9 Å². The Morgan fingerprint density at radius 1 is 0.556 bits per heavy atom. The number of anilines is 1. The van der Waals surface area contributed by atoms with E-state index in [0.29, 0.717) is 16.8 Å². The Hall–Kier alpha value is -6.04. The molecule has 2 rings (SSSR count). The van der Waals surface area contributed by atoms with Gasteiger partial charge in [0.15, 0.2) is 0 Å². The highest BCUT2D eigenvalue weighted by molar-refractivity contribution is 6.01. The molecule has 4 atom stereocenters. The molecule has 0 saturated carbocycles. The van der Waals surface area contributed by atoms with E-state index in [0.717, 1.165) is 0 Å². The molecular weight excluding hydrogens is 819 g/mol. The minimum atomic E-state index is -1.63. The molecule has 0 aliphatic heterocycles. The first kappa shape index (κ1) is 53.1. The van der Waals surface area contributed by atoms with Crippen molar-refractivity contribution in [3.05, 3.63) is 65.7 Å². The lowest BCUT2D eigenvalue weighted by Crippen LogP contribution is -2.59. The average Bonchev–Trinajstić information content (AvgIpc) is 3.15. The van der Waals surface area contributed by atoms with Crippen LogP contribution in [0.1, 0.15) is 113 Å². The summed E-state index contributed by atoms with van der Waals surface area (Å²) in [6.45, 7) is 17.5. The molecule has 18 nitrogen and oxygen atoms in total. The highest BCUT2D eigenvalue weighted by Crippen LogP contribution is 2.16. The van der Waals surface area contributed by atoms with Crippen molar-refractivity contribution in [2.75, 3.05) is 5.32 Å². The summed E-state index contributed by atoms with van der Waals surface area (Å²) < 4.78 is 21.5. The molecule has 0 radical (unpaired) electrons. The zero-order valence-corrected chi connectivity index (χ0v) is 38.2. The molecule has 4 unspecified atom stereocenters. The Balaban J connectivity index is 2.43. The molecule has 0 aliphatic rings. The van der Waals surface area contributed by atoms with Crippen LogP contribution >= 0.6 is 0 Å². The zero-order valence-electron chi connectivity index (χ0n) is 38.2. The molecule has 0 bridgehead atoms. The van der Waals surface area contributed by atoms with Crippen molar-refractivity contribution in [2.45, 2.75) is 156 Å². The van der Waals surface area contributed by atoms with Gasteiger partial charge in [-0.1, -0.05) is 56.3 Å². The third-order valence-electron chi connectivity index (χ3n) is 8.38. The Morgan fingerprint density at radius 3 is 1.52 bits per heavy atom. The number of ether oxygens (including phenoxy) is 4. The minimum absolute atomic E-state index is 0.162. The third kappa shape index (κ3) is 21.5. The van der Waals surface area contributed by atoms with Crippen molar-refractivity contribution < 1.29 is 62.4 Å². The number of esters is 3. The van der Waals surface area contributed by atoms with E-state index >= 15 is 0 Å². The van der Waals surface area contributed by atoms with Crippen LogP contribution in [0.25, 0.3) is 0 Å². The van der Waals surface area contributed by atoms with Crippen molar-refractivity contribution in [1.82, 2.24) is 21.3 Å². The molecule has 348 valence electrons. The summed E-state index contributed by atoms with van der Waals surface area (Å²) in [6, 6.07) is 8.85. The predicted octanol–water partition coefficient (Wildman–Crippen LogP) is 4.11. The molecule has 2 aromatic carbocycles. The van der Waals surface area contributed by atoms with Gasteiger partial charge in [0, 0.05) is 12.1 Å². The summed E-state index contributed by atoms with van der Waals surface area (Å²) in [5.41, 5.74) is -1.21. The lowest BCUT2D eigenvalue weighted by atomic mass is 10.0. The van der Waals surface area contributed by atoms with Crippen LogP contribution in [-0.4, -0.2) is 93.7 Å². The fraction of sp³-hybridized carbons (Fsp3) is 0.556. The molecule has 0 spiro atoms. The smallest absolute Gasteiger partial charge is 0.408 e. The van der Waals surface area contributed by atoms with E-state index in [1.165, 1.54) is 12.1 Å². The fourth-order valence-electron chi connectivity index (χ4n) is 5.59. The zero-order chi connectivity index (χ0) is 47.7. The van der Waals surface area contributed by atoms with Gasteiger partial charge in [-0.2, -0.15) is 0 Å². The standard InChI is InChI=1S/C45H65N5O13/c1-27(2)37(41(58)48-32(23-35(53)62-44(6,7)8)39(56)46-30-19-17-28(25-51)18-20-30)50-38(55)31(21-22-34(52)61-43(3,4)5)47-40(57)33(24-36(54)63-45(9,10)11)49-42(59)60-26-29-15-13-12-14-16-29/h12-20,27,31-33,37,51H,21-26H2,1-11H3,(H,46,56)(H,47,57)(H,48,58)(H,49,59)(H,50,55). The largest absolute Gasteiger partial charge is 0.460 e. The Labute approximate surface area is 369 Å². The number of hydrogen-bond donors (Lipinski definition) is 6. The van der Waals surface area contributed by atoms with Gasteiger partial charge in [-0.15, -0.1) is 0 Å². The number of hydrogen-bond acceptors (Lipinski definition) is 13. The number of alkyl carbamates (subject to hydrolysis) is 1. The van der Waals surface area contributed by atoms with Gasteiger partial charge in [0.2, 0.25) is 23.6 Å². The van der Waals surface area contributed by atoms with Gasteiger partial charge in [0.1, 0.15) is 47.6 Å². The number of nitrogens with one attached hydrogen (secondary N) is 5. The van der Waals surface area contributed by atoms with E-state index in [9.17, 15) is 43.5 Å². The molecule has 2 aromatic rings. The summed E-state index contributed by atoms with van der Waals surface area (Å²) in [7, 11) is 0. The van der Waals surface area contributed by atoms with Gasteiger partial charge in [-0.25, -0.2) is 4.79 Å². The minimum Gasteiger partial charge on any atom is -0.460 e. The van der Waals surface area contributed by atoms with Crippen LogP contribution in [0.2, 0.25) is 0 Å². The Bertz CT molecular complexity index is 1880. The molecule has 0 aliphatic carbocycles. The number of aliphatic hydroxyl groups excluding tert-OH is 1. The molecular formula is C45H65N5O13. The predicted molar refractivity (Wildman–Crippen MR) is 231 cm³/mol. The van der Waals surface area contributed by atoms with Crippen LogP contribution < -0.4 is 26.6 Å². The van der Waals surface area contributed by atoms with Gasteiger partial charge in [-0.05, 0) is 97.9 Å². The maximum Gasteiger partial charge on any atom is 0.408 e. The summed E-state index contributed by atoms with van der Waals surface area (Å²) in [4.78, 5) is 107. The topological polar surface area (TPSA) is 254 Å². The maximum absolute atomic E-state index is 14.1. The number of amides is 5. The lowest BCUT2D eigenvalue weighted by molar-refractivity contribution is -0.157. The summed E-state index contributed by atoms with van der Waals surface area (Å²) in [5, 5.41) is 22.0. The van der Waals surface area contributed by atoms with E-state index in [2.05, 4.69) is 26.6 Å². The van der Waals surface area contributed by atoms with E-state index in [1.807, 2.05) is 0 Å². The van der Waals surface area contributed by atoms with Crippen LogP contribution in [0.15, 0.2) is 54.6 Å². The van der Waals surface area contributed by atoms with Crippen LogP contribution in [0.5, 0.6) is 0 Å². The summed E-state index contributed by atoms with van der Waals surface area (Å²) in [6.07, 6.45) is -3.05. The normalized spacial score (nSPS) is 13.5. The summed E-state index contributed by atoms with van der Waals surface area (Å²) in [5.74, 6) is -6.63. The number of rotatable bonds is 20. The SMILES string of the molecule is CC(C)C(NC(=O)C(CCC(=O)OC(C)(C)C)NC(=O)C(CC(=O)OC(C)(C)C)NC(=O)OCc1ccccc1)C(=O)NC(CC(=O)OC(C)(C)C)C(=O)Nc1ccc(CO)cc1. The average molecular weight is 884 g/mol. The van der Waals surface area contributed by atoms with Crippen LogP contribution in [0.4, 0.5) is 10.5 Å². The molecule has 0 fully saturated rings. The fourth-order valence-corrected chi connectivity index (χ4v) is 5.59.